The lowest BCUT2D eigenvalue weighted by Gasteiger charge is -2.37. The van der Waals surface area contributed by atoms with E-state index in [4.69, 9.17) is 0 Å². The predicted molar refractivity (Wildman–Crippen MR) is 103 cm³/mol. The highest BCUT2D eigenvalue weighted by atomic mass is 15.2. The fraction of sp³-hybridized carbons (Fsp3) is 0.130. The van der Waals surface area contributed by atoms with Gasteiger partial charge in [0.05, 0.1) is 6.04 Å². The maximum absolute atomic E-state index is 2.48. The van der Waals surface area contributed by atoms with Gasteiger partial charge in [0.2, 0.25) is 0 Å². The third kappa shape index (κ3) is 2.63. The van der Waals surface area contributed by atoms with Crippen LogP contribution in [-0.4, -0.2) is 0 Å². The third-order valence-electron chi connectivity index (χ3n) is 4.73. The second-order valence-corrected chi connectivity index (χ2v) is 6.27. The molecule has 0 aliphatic heterocycles. The minimum Gasteiger partial charge on any atom is -0.333 e. The summed E-state index contributed by atoms with van der Waals surface area (Å²) in [5.74, 6) is 0. The molecule has 1 atom stereocenters. The molecule has 0 saturated heterocycles. The van der Waals surface area contributed by atoms with E-state index in [1.54, 1.807) is 0 Å². The van der Waals surface area contributed by atoms with Gasteiger partial charge in [0, 0.05) is 11.4 Å². The minimum absolute atomic E-state index is 0.315. The van der Waals surface area contributed by atoms with E-state index in [0.29, 0.717) is 6.04 Å². The number of anilines is 2. The highest BCUT2D eigenvalue weighted by Crippen LogP contribution is 2.41. The van der Waals surface area contributed by atoms with Crippen LogP contribution in [0.5, 0.6) is 0 Å². The van der Waals surface area contributed by atoms with Gasteiger partial charge >= 0.3 is 0 Å². The van der Waals surface area contributed by atoms with Crippen LogP contribution in [0.4, 0.5) is 11.4 Å². The zero-order valence-electron chi connectivity index (χ0n) is 13.9. The molecule has 1 nitrogen and oxygen atoms in total. The van der Waals surface area contributed by atoms with Crippen molar-refractivity contribution >= 4 is 17.5 Å². The first kappa shape index (κ1) is 14.8. The highest BCUT2D eigenvalue weighted by Gasteiger charge is 2.25. The van der Waals surface area contributed by atoms with Crippen LogP contribution in [0.3, 0.4) is 0 Å². The molecule has 0 fully saturated rings. The molecule has 1 aliphatic rings. The Morgan fingerprint density at radius 1 is 0.792 bits per heavy atom. The normalized spacial score (nSPS) is 15.8. The summed E-state index contributed by atoms with van der Waals surface area (Å²) in [5, 5.41) is 0. The molecule has 118 valence electrons. The van der Waals surface area contributed by atoms with Gasteiger partial charge in [-0.3, -0.25) is 0 Å². The van der Waals surface area contributed by atoms with Crippen molar-refractivity contribution in [2.75, 3.05) is 4.90 Å². The molecule has 24 heavy (non-hydrogen) atoms. The molecule has 4 rings (SSSR count). The number of rotatable bonds is 3. The number of para-hydroxylation sites is 2. The zero-order chi connectivity index (χ0) is 16.4. The van der Waals surface area contributed by atoms with Crippen LogP contribution in [0, 0.1) is 6.92 Å². The summed E-state index contributed by atoms with van der Waals surface area (Å²) in [7, 11) is 0. The molecular formula is C23H21N. The van der Waals surface area contributed by atoms with Crippen LogP contribution in [0.2, 0.25) is 0 Å². The van der Waals surface area contributed by atoms with Crippen LogP contribution >= 0.6 is 0 Å². The Hall–Kier alpha value is -2.80. The van der Waals surface area contributed by atoms with Crippen molar-refractivity contribution in [3.63, 3.8) is 0 Å². The number of benzene rings is 3. The average molecular weight is 311 g/mol. The van der Waals surface area contributed by atoms with Crippen molar-refractivity contribution in [3.8, 4) is 0 Å². The van der Waals surface area contributed by atoms with Crippen molar-refractivity contribution in [2.24, 2.45) is 0 Å². The van der Waals surface area contributed by atoms with Crippen LogP contribution in [-0.2, 0) is 0 Å². The van der Waals surface area contributed by atoms with E-state index in [1.807, 2.05) is 0 Å². The van der Waals surface area contributed by atoms with E-state index >= 15 is 0 Å². The van der Waals surface area contributed by atoms with Gasteiger partial charge in [-0.25, -0.2) is 0 Å². The van der Waals surface area contributed by atoms with Gasteiger partial charge in [-0.15, -0.1) is 0 Å². The molecule has 1 heteroatoms. The summed E-state index contributed by atoms with van der Waals surface area (Å²) in [6, 6.07) is 28.4. The van der Waals surface area contributed by atoms with Crippen LogP contribution in [0.15, 0.2) is 84.9 Å². The third-order valence-corrected chi connectivity index (χ3v) is 4.73. The van der Waals surface area contributed by atoms with E-state index in [-0.39, 0.29) is 0 Å². The second-order valence-electron chi connectivity index (χ2n) is 6.27. The molecule has 0 heterocycles. The smallest absolute Gasteiger partial charge is 0.0632 e. The SMILES string of the molecule is Cc1ccccc1N(c1ccccc1)[C@H]1CC=Cc2ccccc21. The Labute approximate surface area is 143 Å². The molecule has 0 radical (unpaired) electrons. The molecule has 0 spiro atoms. The highest BCUT2D eigenvalue weighted by molar-refractivity contribution is 5.70. The van der Waals surface area contributed by atoms with Crippen molar-refractivity contribution in [1.29, 1.82) is 0 Å². The Bertz CT molecular complexity index is 864. The lowest BCUT2D eigenvalue weighted by molar-refractivity contribution is 0.700. The lowest BCUT2D eigenvalue weighted by Crippen LogP contribution is -2.26. The van der Waals surface area contributed by atoms with E-state index in [0.717, 1.165) is 6.42 Å². The summed E-state index contributed by atoms with van der Waals surface area (Å²) in [5.41, 5.74) is 6.53. The first-order chi connectivity index (χ1) is 11.8. The standard InChI is InChI=1S/C23H21N/c1-18-10-5-8-16-22(18)24(20-13-3-2-4-14-20)23-17-9-12-19-11-6-7-15-21(19)23/h2-16,23H,17H2,1H3/t23-/m0/s1. The molecule has 1 aliphatic carbocycles. The van der Waals surface area contributed by atoms with E-state index in [1.165, 1.54) is 28.1 Å². The van der Waals surface area contributed by atoms with Gasteiger partial charge in [0.1, 0.15) is 0 Å². The summed E-state index contributed by atoms with van der Waals surface area (Å²) in [6.07, 6.45) is 5.55. The van der Waals surface area contributed by atoms with Crippen LogP contribution < -0.4 is 4.90 Å². The number of fused-ring (bicyclic) bond motifs is 1. The number of nitrogens with zero attached hydrogens (tertiary/aromatic N) is 1. The molecule has 0 N–H and O–H groups in total. The topological polar surface area (TPSA) is 3.24 Å². The fourth-order valence-electron chi connectivity index (χ4n) is 3.57. The zero-order valence-corrected chi connectivity index (χ0v) is 13.9. The Morgan fingerprint density at radius 2 is 1.50 bits per heavy atom. The monoisotopic (exact) mass is 311 g/mol. The Morgan fingerprint density at radius 3 is 2.33 bits per heavy atom. The first-order valence-corrected chi connectivity index (χ1v) is 8.50. The van der Waals surface area contributed by atoms with Crippen molar-refractivity contribution in [1.82, 2.24) is 0 Å². The van der Waals surface area contributed by atoms with Gasteiger partial charge in [0.15, 0.2) is 0 Å². The Balaban J connectivity index is 1.89. The maximum atomic E-state index is 2.48. The van der Waals surface area contributed by atoms with Gasteiger partial charge in [-0.1, -0.05) is 72.8 Å². The van der Waals surface area contributed by atoms with Gasteiger partial charge < -0.3 is 4.90 Å². The number of hydrogen-bond acceptors (Lipinski definition) is 1. The van der Waals surface area contributed by atoms with Crippen LogP contribution in [0.25, 0.3) is 6.08 Å². The van der Waals surface area contributed by atoms with Gasteiger partial charge in [-0.2, -0.15) is 0 Å². The summed E-state index contributed by atoms with van der Waals surface area (Å²) in [6.45, 7) is 2.19. The van der Waals surface area contributed by atoms with Gasteiger partial charge in [0.25, 0.3) is 0 Å². The predicted octanol–water partition coefficient (Wildman–Crippen LogP) is 6.29. The molecule has 0 unspecified atom stereocenters. The first-order valence-electron chi connectivity index (χ1n) is 8.50. The molecule has 0 aromatic heterocycles. The second kappa shape index (κ2) is 6.37. The van der Waals surface area contributed by atoms with Crippen molar-refractivity contribution < 1.29 is 0 Å². The quantitative estimate of drug-likeness (QED) is 0.549. The fourth-order valence-corrected chi connectivity index (χ4v) is 3.57. The molecule has 0 saturated carbocycles. The largest absolute Gasteiger partial charge is 0.333 e. The Kier molecular flexibility index (Phi) is 3.92. The maximum Gasteiger partial charge on any atom is 0.0632 e. The molecule has 0 amide bonds. The number of aryl methyl sites for hydroxylation is 1. The minimum atomic E-state index is 0.315. The summed E-state index contributed by atoms with van der Waals surface area (Å²) >= 11 is 0. The van der Waals surface area contributed by atoms with Crippen LogP contribution in [0.1, 0.15) is 29.2 Å². The molecule has 0 bridgehead atoms. The molecule has 3 aromatic rings. The van der Waals surface area contributed by atoms with Crippen molar-refractivity contribution in [3.05, 3.63) is 102 Å². The van der Waals surface area contributed by atoms with Crippen molar-refractivity contribution in [2.45, 2.75) is 19.4 Å². The lowest BCUT2D eigenvalue weighted by atomic mass is 9.90. The van der Waals surface area contributed by atoms with E-state index in [2.05, 4.69) is 103 Å². The summed E-state index contributed by atoms with van der Waals surface area (Å²) < 4.78 is 0. The molecular weight excluding hydrogens is 290 g/mol. The van der Waals surface area contributed by atoms with Gasteiger partial charge in [-0.05, 0) is 48.2 Å². The summed E-state index contributed by atoms with van der Waals surface area (Å²) in [4.78, 5) is 2.48. The number of hydrogen-bond donors (Lipinski definition) is 0. The van der Waals surface area contributed by atoms with E-state index < -0.39 is 0 Å². The molecule has 3 aromatic carbocycles. The average Bonchev–Trinajstić information content (AvgIpc) is 2.65. The van der Waals surface area contributed by atoms with E-state index in [9.17, 15) is 0 Å².